The van der Waals surface area contributed by atoms with Gasteiger partial charge in [0, 0.05) is 0 Å². The molecule has 0 bridgehead atoms. The van der Waals surface area contributed by atoms with E-state index in [9.17, 15) is 0 Å². The average molecular weight is 367 g/mol. The maximum Gasteiger partial charge on any atom is 0.248 e. The van der Waals surface area contributed by atoms with Gasteiger partial charge >= 0.3 is 0 Å². The highest BCUT2D eigenvalue weighted by Gasteiger charge is 2.34. The molecule has 3 heterocycles. The van der Waals surface area contributed by atoms with Crippen LogP contribution >= 0.6 is 0 Å². The van der Waals surface area contributed by atoms with Crippen molar-refractivity contribution in [3.05, 3.63) is 65.3 Å². The maximum absolute atomic E-state index is 7.87. The van der Waals surface area contributed by atoms with Gasteiger partial charge < -0.3 is 11.1 Å². The van der Waals surface area contributed by atoms with E-state index in [0.29, 0.717) is 17.7 Å². The second kappa shape index (κ2) is 5.19. The van der Waals surface area contributed by atoms with Crippen LogP contribution in [0, 0.1) is 5.41 Å². The Labute approximate surface area is 158 Å². The summed E-state index contributed by atoms with van der Waals surface area (Å²) < 4.78 is 1.56. The molecule has 28 heavy (non-hydrogen) atoms. The van der Waals surface area contributed by atoms with Gasteiger partial charge in [-0.25, -0.2) is 4.40 Å². The van der Waals surface area contributed by atoms with E-state index in [1.54, 1.807) is 4.40 Å². The highest BCUT2D eigenvalue weighted by Crippen LogP contribution is 2.46. The molecule has 6 rings (SSSR count). The number of nitrogens with zero attached hydrogens (tertiary/aromatic N) is 6. The third-order valence-electron chi connectivity index (χ3n) is 5.03. The number of aromatic nitrogens is 5. The lowest BCUT2D eigenvalue weighted by Crippen LogP contribution is -2.29. The molecule has 2 aliphatic rings. The molecule has 134 valence electrons. The lowest BCUT2D eigenvalue weighted by molar-refractivity contribution is 0.858. The van der Waals surface area contributed by atoms with Crippen LogP contribution in [0.3, 0.4) is 0 Å². The number of anilines is 2. The van der Waals surface area contributed by atoms with Crippen LogP contribution in [0.15, 0.2) is 53.5 Å². The first-order valence-corrected chi connectivity index (χ1v) is 8.72. The molecule has 0 saturated heterocycles. The molecule has 0 fully saturated rings. The van der Waals surface area contributed by atoms with Crippen molar-refractivity contribution in [1.82, 2.24) is 24.3 Å². The number of benzene rings is 2. The Morgan fingerprint density at radius 2 is 1.57 bits per heavy atom. The summed E-state index contributed by atoms with van der Waals surface area (Å²) in [6, 6.07) is 16.6. The predicted molar refractivity (Wildman–Crippen MR) is 103 cm³/mol. The van der Waals surface area contributed by atoms with E-state index in [4.69, 9.17) is 16.1 Å². The second-order valence-corrected chi connectivity index (χ2v) is 6.62. The van der Waals surface area contributed by atoms with Crippen LogP contribution in [-0.4, -0.2) is 30.2 Å². The smallest absolute Gasteiger partial charge is 0.248 e. The third-order valence-corrected chi connectivity index (χ3v) is 5.03. The van der Waals surface area contributed by atoms with Crippen molar-refractivity contribution in [2.45, 2.75) is 5.92 Å². The minimum atomic E-state index is -0.170. The largest absolute Gasteiger partial charge is 0.368 e. The lowest BCUT2D eigenvalue weighted by atomic mass is 9.95. The maximum atomic E-state index is 7.87. The molecular formula is C19H13N9. The summed E-state index contributed by atoms with van der Waals surface area (Å²) in [5.74, 6) is 1.62. The molecule has 1 aliphatic carbocycles. The van der Waals surface area contributed by atoms with Crippen molar-refractivity contribution >= 4 is 29.5 Å². The molecule has 0 amide bonds. The average Bonchev–Trinajstić information content (AvgIpc) is 3.01. The van der Waals surface area contributed by atoms with Gasteiger partial charge in [0.1, 0.15) is 5.84 Å². The van der Waals surface area contributed by atoms with Gasteiger partial charge in [-0.3, -0.25) is 5.41 Å². The highest BCUT2D eigenvalue weighted by molar-refractivity contribution is 6.07. The fraction of sp³-hybridized carbons (Fsp3) is 0.0526. The van der Waals surface area contributed by atoms with Crippen LogP contribution in [0.5, 0.6) is 0 Å². The summed E-state index contributed by atoms with van der Waals surface area (Å²) in [7, 11) is 0. The molecule has 0 radical (unpaired) electrons. The Morgan fingerprint density at radius 1 is 0.893 bits per heavy atom. The minimum Gasteiger partial charge on any atom is -0.368 e. The Morgan fingerprint density at radius 3 is 2.29 bits per heavy atom. The van der Waals surface area contributed by atoms with E-state index in [1.807, 2.05) is 24.3 Å². The van der Waals surface area contributed by atoms with Crippen molar-refractivity contribution in [3.8, 4) is 11.1 Å². The first kappa shape index (κ1) is 15.0. The predicted octanol–water partition coefficient (Wildman–Crippen LogP) is 1.85. The fourth-order valence-corrected chi connectivity index (χ4v) is 3.95. The summed E-state index contributed by atoms with van der Waals surface area (Å²) in [5.41, 5.74) is 10.3. The number of hydrogen-bond donors (Lipinski definition) is 3. The molecule has 4 N–H and O–H groups in total. The van der Waals surface area contributed by atoms with Crippen LogP contribution < -0.4 is 16.7 Å². The highest BCUT2D eigenvalue weighted by atomic mass is 15.4. The van der Waals surface area contributed by atoms with Crippen LogP contribution in [0.2, 0.25) is 0 Å². The summed E-state index contributed by atoms with van der Waals surface area (Å²) >= 11 is 0. The molecule has 0 spiro atoms. The molecular weight excluding hydrogens is 354 g/mol. The molecule has 0 atom stereocenters. The molecule has 1 aliphatic heterocycles. The summed E-state index contributed by atoms with van der Waals surface area (Å²) in [5, 5.41) is 11.2. The van der Waals surface area contributed by atoms with Gasteiger partial charge in [-0.05, 0) is 22.3 Å². The van der Waals surface area contributed by atoms with Gasteiger partial charge in [-0.2, -0.15) is 24.9 Å². The number of fused-ring (bicyclic) bond motifs is 3. The lowest BCUT2D eigenvalue weighted by Gasteiger charge is -2.22. The first-order valence-electron chi connectivity index (χ1n) is 8.72. The monoisotopic (exact) mass is 367 g/mol. The van der Waals surface area contributed by atoms with Crippen LogP contribution in [0.4, 0.5) is 17.8 Å². The topological polar surface area (TPSA) is 130 Å². The van der Waals surface area contributed by atoms with Crippen molar-refractivity contribution < 1.29 is 0 Å². The number of nitrogens with two attached hydrogens (primary N) is 1. The first-order chi connectivity index (χ1) is 13.7. The number of nitrogen functional groups attached to an aromatic ring is 1. The van der Waals surface area contributed by atoms with Crippen molar-refractivity contribution in [3.63, 3.8) is 0 Å². The van der Waals surface area contributed by atoms with Gasteiger partial charge in [-0.15, -0.1) is 0 Å². The fourth-order valence-electron chi connectivity index (χ4n) is 3.95. The summed E-state index contributed by atoms with van der Waals surface area (Å²) in [4.78, 5) is 21.3. The van der Waals surface area contributed by atoms with Crippen molar-refractivity contribution in [2.75, 3.05) is 11.1 Å². The van der Waals surface area contributed by atoms with Crippen LogP contribution in [-0.2, 0) is 0 Å². The molecule has 4 aromatic rings. The SMILES string of the molecule is N=c1nc2n3c(nc(N)nc3n1)NC(C1c3ccccc3-c3ccccc31)=N2. The standard InChI is InChI=1S/C19H13N9/c20-15-24-17-22-14(23-18-25-16(21)27-19(26-15)28(17)18)13-11-7-3-1-5-9(11)10-6-2-4-8-12(10)13/h1-8,13H,(H4,20,21,22,23,24,25,26,27). The Bertz CT molecular complexity index is 1340. The zero-order chi connectivity index (χ0) is 18.8. The Hall–Kier alpha value is -4.14. The molecule has 2 aromatic carbocycles. The van der Waals surface area contributed by atoms with E-state index in [-0.39, 0.29) is 23.3 Å². The van der Waals surface area contributed by atoms with E-state index in [0.717, 1.165) is 11.1 Å². The van der Waals surface area contributed by atoms with Gasteiger partial charge in [0.15, 0.2) is 0 Å². The van der Waals surface area contributed by atoms with Gasteiger partial charge in [-0.1, -0.05) is 48.5 Å². The Kier molecular flexibility index (Phi) is 2.78. The zero-order valence-electron chi connectivity index (χ0n) is 14.5. The minimum absolute atomic E-state index is 0.0695. The number of nitrogens with one attached hydrogen (secondary N) is 2. The van der Waals surface area contributed by atoms with Crippen molar-refractivity contribution in [2.24, 2.45) is 4.99 Å². The molecule has 9 nitrogen and oxygen atoms in total. The van der Waals surface area contributed by atoms with Crippen LogP contribution in [0.1, 0.15) is 17.0 Å². The van der Waals surface area contributed by atoms with E-state index < -0.39 is 0 Å². The summed E-state index contributed by atoms with van der Waals surface area (Å²) in [6.07, 6.45) is 0. The van der Waals surface area contributed by atoms with Crippen LogP contribution in [0.25, 0.3) is 16.9 Å². The molecule has 0 saturated carbocycles. The zero-order valence-corrected chi connectivity index (χ0v) is 14.5. The Balaban J connectivity index is 1.62. The molecule has 2 aromatic heterocycles. The van der Waals surface area contributed by atoms with Gasteiger partial charge in [0.05, 0.1) is 5.92 Å². The second-order valence-electron chi connectivity index (χ2n) is 6.62. The number of rotatable bonds is 1. The summed E-state index contributed by atoms with van der Waals surface area (Å²) in [6.45, 7) is 0. The normalized spacial score (nSPS) is 14.4. The number of amidine groups is 1. The van der Waals surface area contributed by atoms with E-state index >= 15 is 0 Å². The molecule has 9 heteroatoms. The molecule has 0 unspecified atom stereocenters. The number of aliphatic imine (C=N–C) groups is 1. The quantitative estimate of drug-likeness (QED) is 0.471. The van der Waals surface area contributed by atoms with Crippen molar-refractivity contribution in [1.29, 1.82) is 5.41 Å². The third kappa shape index (κ3) is 1.95. The van der Waals surface area contributed by atoms with Gasteiger partial charge in [0.25, 0.3) is 0 Å². The van der Waals surface area contributed by atoms with E-state index in [2.05, 4.69) is 49.5 Å². The number of hydrogen-bond acceptors (Lipinski definition) is 8. The van der Waals surface area contributed by atoms with Gasteiger partial charge in [0.2, 0.25) is 29.2 Å². The van der Waals surface area contributed by atoms with E-state index in [1.165, 1.54) is 11.1 Å².